The van der Waals surface area contributed by atoms with Crippen molar-refractivity contribution in [3.63, 3.8) is 0 Å². The second-order valence-corrected chi connectivity index (χ2v) is 5.57. The van der Waals surface area contributed by atoms with E-state index in [0.29, 0.717) is 12.3 Å². The molecular formula is C14H28N2O2. The number of nitrogens with one attached hydrogen (secondary N) is 1. The van der Waals surface area contributed by atoms with E-state index in [-0.39, 0.29) is 12.0 Å². The highest BCUT2D eigenvalue weighted by molar-refractivity contribution is 5.76. The molecule has 0 aromatic heterocycles. The molecule has 1 aliphatic heterocycles. The van der Waals surface area contributed by atoms with E-state index in [1.54, 1.807) is 0 Å². The number of rotatable bonds is 7. The Labute approximate surface area is 111 Å². The van der Waals surface area contributed by atoms with Crippen LogP contribution in [0, 0.1) is 5.92 Å². The zero-order chi connectivity index (χ0) is 13.4. The summed E-state index contributed by atoms with van der Waals surface area (Å²) in [6, 6.07) is 0. The van der Waals surface area contributed by atoms with Crippen LogP contribution in [0.1, 0.15) is 39.5 Å². The Hall–Kier alpha value is -0.610. The molecule has 1 rings (SSSR count). The number of carbonyl (C=O) groups excluding carboxylic acids is 1. The smallest absolute Gasteiger partial charge is 0.220 e. The van der Waals surface area contributed by atoms with Gasteiger partial charge in [0.05, 0.1) is 6.10 Å². The molecule has 0 saturated carbocycles. The minimum absolute atomic E-state index is 0.203. The summed E-state index contributed by atoms with van der Waals surface area (Å²) >= 11 is 0. The Morgan fingerprint density at radius 2 is 2.06 bits per heavy atom. The number of ether oxygens (including phenoxy) is 1. The van der Waals surface area contributed by atoms with Gasteiger partial charge in [-0.1, -0.05) is 0 Å². The highest BCUT2D eigenvalue weighted by atomic mass is 16.5. The molecule has 106 valence electrons. The SMILES string of the molecule is CC(C)OCCCNC(=O)CC1CCN(C)CC1. The van der Waals surface area contributed by atoms with Crippen LogP contribution in [-0.4, -0.2) is 50.2 Å². The van der Waals surface area contributed by atoms with E-state index in [1.165, 1.54) is 0 Å². The lowest BCUT2D eigenvalue weighted by molar-refractivity contribution is -0.122. The predicted octanol–water partition coefficient (Wildman–Crippen LogP) is 1.65. The fourth-order valence-corrected chi connectivity index (χ4v) is 2.22. The van der Waals surface area contributed by atoms with E-state index in [9.17, 15) is 4.79 Å². The van der Waals surface area contributed by atoms with Crippen molar-refractivity contribution in [2.24, 2.45) is 5.92 Å². The minimum atomic E-state index is 0.203. The fourth-order valence-electron chi connectivity index (χ4n) is 2.22. The number of likely N-dealkylation sites (tertiary alicyclic amines) is 1. The maximum Gasteiger partial charge on any atom is 0.220 e. The van der Waals surface area contributed by atoms with E-state index in [4.69, 9.17) is 4.74 Å². The third-order valence-corrected chi connectivity index (χ3v) is 3.41. The van der Waals surface area contributed by atoms with Gasteiger partial charge in [0.1, 0.15) is 0 Å². The lowest BCUT2D eigenvalue weighted by atomic mass is 9.93. The van der Waals surface area contributed by atoms with Crippen LogP contribution in [0.15, 0.2) is 0 Å². The van der Waals surface area contributed by atoms with Gasteiger partial charge in [0.15, 0.2) is 0 Å². The number of hydrogen-bond acceptors (Lipinski definition) is 3. The van der Waals surface area contributed by atoms with E-state index in [2.05, 4.69) is 17.3 Å². The molecule has 1 heterocycles. The second-order valence-electron chi connectivity index (χ2n) is 5.57. The van der Waals surface area contributed by atoms with Gasteiger partial charge in [-0.05, 0) is 59.2 Å². The Morgan fingerprint density at radius 1 is 1.39 bits per heavy atom. The van der Waals surface area contributed by atoms with Crippen molar-refractivity contribution in [2.75, 3.05) is 33.3 Å². The average Bonchev–Trinajstić information content (AvgIpc) is 2.31. The number of amides is 1. The summed E-state index contributed by atoms with van der Waals surface area (Å²) in [5.74, 6) is 0.780. The minimum Gasteiger partial charge on any atom is -0.379 e. The normalized spacial score (nSPS) is 18.2. The van der Waals surface area contributed by atoms with Crippen molar-refractivity contribution < 1.29 is 9.53 Å². The van der Waals surface area contributed by atoms with Crippen LogP contribution in [0.25, 0.3) is 0 Å². The van der Waals surface area contributed by atoms with Crippen molar-refractivity contribution in [1.29, 1.82) is 0 Å². The van der Waals surface area contributed by atoms with Crippen molar-refractivity contribution >= 4 is 5.91 Å². The van der Waals surface area contributed by atoms with Crippen LogP contribution in [0.2, 0.25) is 0 Å². The molecule has 0 bridgehead atoms. The molecule has 1 amide bonds. The zero-order valence-corrected chi connectivity index (χ0v) is 12.1. The molecule has 4 nitrogen and oxygen atoms in total. The first-order chi connectivity index (χ1) is 8.58. The number of carbonyl (C=O) groups is 1. The molecule has 18 heavy (non-hydrogen) atoms. The van der Waals surface area contributed by atoms with Crippen LogP contribution in [0.5, 0.6) is 0 Å². The van der Waals surface area contributed by atoms with Crippen LogP contribution in [0.3, 0.4) is 0 Å². The van der Waals surface area contributed by atoms with Crippen LogP contribution < -0.4 is 5.32 Å². The number of hydrogen-bond donors (Lipinski definition) is 1. The molecule has 4 heteroatoms. The molecule has 0 radical (unpaired) electrons. The molecule has 0 aromatic carbocycles. The Morgan fingerprint density at radius 3 is 2.67 bits per heavy atom. The molecule has 1 saturated heterocycles. The van der Waals surface area contributed by atoms with Gasteiger partial charge in [-0.3, -0.25) is 4.79 Å². The van der Waals surface area contributed by atoms with E-state index in [1.807, 2.05) is 13.8 Å². The van der Waals surface area contributed by atoms with Gasteiger partial charge in [-0.15, -0.1) is 0 Å². The lowest BCUT2D eigenvalue weighted by Gasteiger charge is -2.28. The number of piperidine rings is 1. The van der Waals surface area contributed by atoms with Crippen molar-refractivity contribution in [2.45, 2.75) is 45.6 Å². The summed E-state index contributed by atoms with van der Waals surface area (Å²) in [5, 5.41) is 2.98. The maximum absolute atomic E-state index is 11.7. The van der Waals surface area contributed by atoms with Gasteiger partial charge in [-0.25, -0.2) is 0 Å². The first kappa shape index (κ1) is 15.4. The van der Waals surface area contributed by atoms with Gasteiger partial charge in [0.2, 0.25) is 5.91 Å². The van der Waals surface area contributed by atoms with Gasteiger partial charge in [0.25, 0.3) is 0 Å². The lowest BCUT2D eigenvalue weighted by Crippen LogP contribution is -2.34. The Kier molecular flexibility index (Phi) is 7.28. The monoisotopic (exact) mass is 256 g/mol. The molecule has 1 fully saturated rings. The zero-order valence-electron chi connectivity index (χ0n) is 12.1. The molecular weight excluding hydrogens is 228 g/mol. The van der Waals surface area contributed by atoms with Gasteiger partial charge >= 0.3 is 0 Å². The first-order valence-electron chi connectivity index (χ1n) is 7.14. The highest BCUT2D eigenvalue weighted by Gasteiger charge is 2.19. The van der Waals surface area contributed by atoms with E-state index < -0.39 is 0 Å². The molecule has 1 N–H and O–H groups in total. The van der Waals surface area contributed by atoms with Crippen LogP contribution >= 0.6 is 0 Å². The summed E-state index contributed by atoms with van der Waals surface area (Å²) in [6.45, 7) is 7.77. The van der Waals surface area contributed by atoms with Crippen LogP contribution in [-0.2, 0) is 9.53 Å². The molecule has 0 aliphatic carbocycles. The quantitative estimate of drug-likeness (QED) is 0.704. The third-order valence-electron chi connectivity index (χ3n) is 3.41. The van der Waals surface area contributed by atoms with Gasteiger partial charge < -0.3 is 15.0 Å². The molecule has 0 atom stereocenters. The Bertz CT molecular complexity index is 236. The summed E-state index contributed by atoms with van der Waals surface area (Å²) in [6.07, 6.45) is 4.18. The summed E-state index contributed by atoms with van der Waals surface area (Å²) in [5.41, 5.74) is 0. The van der Waals surface area contributed by atoms with Gasteiger partial charge in [0, 0.05) is 19.6 Å². The predicted molar refractivity (Wildman–Crippen MR) is 73.6 cm³/mol. The largest absolute Gasteiger partial charge is 0.379 e. The molecule has 1 aliphatic rings. The topological polar surface area (TPSA) is 41.6 Å². The summed E-state index contributed by atoms with van der Waals surface area (Å²) < 4.78 is 5.43. The fraction of sp³-hybridized carbons (Fsp3) is 0.929. The second kappa shape index (κ2) is 8.48. The molecule has 0 unspecified atom stereocenters. The summed E-state index contributed by atoms with van der Waals surface area (Å²) in [4.78, 5) is 14.1. The maximum atomic E-state index is 11.7. The van der Waals surface area contributed by atoms with E-state index >= 15 is 0 Å². The molecule has 0 spiro atoms. The Balaban J connectivity index is 2.00. The van der Waals surface area contributed by atoms with Crippen molar-refractivity contribution in [3.8, 4) is 0 Å². The third kappa shape index (κ3) is 6.97. The summed E-state index contributed by atoms with van der Waals surface area (Å²) in [7, 11) is 2.14. The molecule has 0 aromatic rings. The number of nitrogens with zero attached hydrogens (tertiary/aromatic N) is 1. The highest BCUT2D eigenvalue weighted by Crippen LogP contribution is 2.19. The van der Waals surface area contributed by atoms with Crippen LogP contribution in [0.4, 0.5) is 0 Å². The average molecular weight is 256 g/mol. The van der Waals surface area contributed by atoms with Gasteiger partial charge in [-0.2, -0.15) is 0 Å². The first-order valence-corrected chi connectivity index (χ1v) is 7.14. The van der Waals surface area contributed by atoms with Crippen molar-refractivity contribution in [3.05, 3.63) is 0 Å². The standard InChI is InChI=1S/C14H28N2O2/c1-12(2)18-10-4-7-15-14(17)11-13-5-8-16(3)9-6-13/h12-13H,4-11H2,1-3H3,(H,15,17). The van der Waals surface area contributed by atoms with E-state index in [0.717, 1.165) is 45.5 Å². The van der Waals surface area contributed by atoms with Crippen molar-refractivity contribution in [1.82, 2.24) is 10.2 Å².